The van der Waals surface area contributed by atoms with Crippen molar-refractivity contribution in [1.82, 2.24) is 4.90 Å². The van der Waals surface area contributed by atoms with Gasteiger partial charge in [-0.25, -0.2) is 0 Å². The zero-order valence-corrected chi connectivity index (χ0v) is 12.5. The molecular formula is C15H22N2O4. The first-order valence-electron chi connectivity index (χ1n) is 7.02. The van der Waals surface area contributed by atoms with Gasteiger partial charge in [0, 0.05) is 25.8 Å². The molecule has 6 nitrogen and oxygen atoms in total. The molecule has 3 N–H and O–H groups in total. The van der Waals surface area contributed by atoms with E-state index in [9.17, 15) is 4.79 Å². The second kappa shape index (κ2) is 6.67. The lowest BCUT2D eigenvalue weighted by atomic mass is 9.97. The number of nitrogen functional groups attached to an aromatic ring is 1. The second-order valence-electron chi connectivity index (χ2n) is 5.21. The highest BCUT2D eigenvalue weighted by Gasteiger charge is 2.25. The van der Waals surface area contributed by atoms with Gasteiger partial charge in [0.05, 0.1) is 25.5 Å². The highest BCUT2D eigenvalue weighted by Crippen LogP contribution is 2.32. The van der Waals surface area contributed by atoms with Crippen molar-refractivity contribution in [3.8, 4) is 11.5 Å². The average molecular weight is 294 g/mol. The molecule has 1 heterocycles. The highest BCUT2D eigenvalue weighted by molar-refractivity contribution is 6.01. The number of hydrogen-bond acceptors (Lipinski definition) is 5. The summed E-state index contributed by atoms with van der Waals surface area (Å²) < 4.78 is 10.4. The number of benzene rings is 1. The van der Waals surface area contributed by atoms with Gasteiger partial charge in [-0.1, -0.05) is 0 Å². The molecule has 0 bridgehead atoms. The molecule has 1 fully saturated rings. The molecule has 1 aliphatic heterocycles. The molecule has 1 aromatic rings. The normalized spacial score (nSPS) is 15.9. The number of nitrogens with two attached hydrogens (primary N) is 1. The van der Waals surface area contributed by atoms with Gasteiger partial charge in [0.1, 0.15) is 11.5 Å². The standard InChI is InChI=1S/C15H22N2O4/c1-20-11-7-12(14(16)13(8-11)21-2)15(19)17-5-3-10(9-18)4-6-17/h7-8,10,18H,3-6,9,16H2,1-2H3. The summed E-state index contributed by atoms with van der Waals surface area (Å²) in [6.45, 7) is 1.43. The second-order valence-corrected chi connectivity index (χ2v) is 5.21. The molecule has 0 radical (unpaired) electrons. The van der Waals surface area contributed by atoms with Crippen molar-refractivity contribution in [3.05, 3.63) is 17.7 Å². The number of rotatable bonds is 4. The molecule has 2 rings (SSSR count). The Morgan fingerprint density at radius 2 is 2.00 bits per heavy atom. The van der Waals surface area contributed by atoms with Gasteiger partial charge in [0.2, 0.25) is 0 Å². The minimum Gasteiger partial charge on any atom is -0.497 e. The van der Waals surface area contributed by atoms with E-state index in [0.717, 1.165) is 12.8 Å². The van der Waals surface area contributed by atoms with Gasteiger partial charge in [-0.3, -0.25) is 4.79 Å². The van der Waals surface area contributed by atoms with E-state index in [4.69, 9.17) is 20.3 Å². The topological polar surface area (TPSA) is 85.0 Å². The van der Waals surface area contributed by atoms with Gasteiger partial charge in [-0.2, -0.15) is 0 Å². The molecular weight excluding hydrogens is 272 g/mol. The fraction of sp³-hybridized carbons (Fsp3) is 0.533. The number of anilines is 1. The smallest absolute Gasteiger partial charge is 0.256 e. The Morgan fingerprint density at radius 3 is 2.52 bits per heavy atom. The Kier molecular flexibility index (Phi) is 4.90. The maximum Gasteiger partial charge on any atom is 0.256 e. The Bertz CT molecular complexity index is 511. The zero-order valence-electron chi connectivity index (χ0n) is 12.5. The van der Waals surface area contributed by atoms with Gasteiger partial charge in [0.15, 0.2) is 0 Å². The summed E-state index contributed by atoms with van der Waals surface area (Å²) in [5.74, 6) is 1.13. The van der Waals surface area contributed by atoms with E-state index in [1.807, 2.05) is 0 Å². The molecule has 1 saturated heterocycles. The highest BCUT2D eigenvalue weighted by atomic mass is 16.5. The van der Waals surface area contributed by atoms with Crippen LogP contribution in [0.15, 0.2) is 12.1 Å². The van der Waals surface area contributed by atoms with Crippen LogP contribution in [-0.4, -0.2) is 49.8 Å². The molecule has 0 unspecified atom stereocenters. The van der Waals surface area contributed by atoms with Crippen molar-refractivity contribution >= 4 is 11.6 Å². The van der Waals surface area contributed by atoms with Crippen LogP contribution in [0.3, 0.4) is 0 Å². The third-order valence-corrected chi connectivity index (χ3v) is 3.96. The molecule has 1 aliphatic rings. The quantitative estimate of drug-likeness (QED) is 0.813. The number of hydrogen-bond donors (Lipinski definition) is 2. The Labute approximate surface area is 124 Å². The number of carbonyl (C=O) groups excluding carboxylic acids is 1. The molecule has 0 aromatic heterocycles. The largest absolute Gasteiger partial charge is 0.497 e. The average Bonchev–Trinajstić information content (AvgIpc) is 2.54. The van der Waals surface area contributed by atoms with E-state index < -0.39 is 0 Å². The van der Waals surface area contributed by atoms with Gasteiger partial charge < -0.3 is 25.2 Å². The molecule has 1 amide bonds. The van der Waals surface area contributed by atoms with E-state index in [1.54, 1.807) is 17.0 Å². The predicted octanol–water partition coefficient (Wildman–Crippen LogP) is 1.13. The van der Waals surface area contributed by atoms with Crippen LogP contribution in [0.2, 0.25) is 0 Å². The zero-order chi connectivity index (χ0) is 15.4. The number of methoxy groups -OCH3 is 2. The van der Waals surface area contributed by atoms with Crippen LogP contribution < -0.4 is 15.2 Å². The summed E-state index contributed by atoms with van der Waals surface area (Å²) in [5, 5.41) is 9.16. The third kappa shape index (κ3) is 3.21. The Hall–Kier alpha value is -1.95. The Balaban J connectivity index is 2.23. The molecule has 0 spiro atoms. The summed E-state index contributed by atoms with van der Waals surface area (Å²) in [6, 6.07) is 3.29. The van der Waals surface area contributed by atoms with Crippen LogP contribution in [0.4, 0.5) is 5.69 Å². The van der Waals surface area contributed by atoms with Gasteiger partial charge in [-0.05, 0) is 24.8 Å². The maximum absolute atomic E-state index is 12.6. The first kappa shape index (κ1) is 15.4. The number of nitrogens with zero attached hydrogens (tertiary/aromatic N) is 1. The van der Waals surface area contributed by atoms with E-state index in [-0.39, 0.29) is 18.4 Å². The number of carbonyl (C=O) groups is 1. The minimum absolute atomic E-state index is 0.124. The summed E-state index contributed by atoms with van der Waals surface area (Å²) in [6.07, 6.45) is 1.62. The van der Waals surface area contributed by atoms with Gasteiger partial charge in [0.25, 0.3) is 5.91 Å². The molecule has 0 atom stereocenters. The fourth-order valence-electron chi connectivity index (χ4n) is 2.55. The van der Waals surface area contributed by atoms with Crippen molar-refractivity contribution in [2.24, 2.45) is 5.92 Å². The van der Waals surface area contributed by atoms with Crippen LogP contribution in [0.1, 0.15) is 23.2 Å². The molecule has 0 saturated carbocycles. The van der Waals surface area contributed by atoms with Crippen molar-refractivity contribution in [2.45, 2.75) is 12.8 Å². The molecule has 116 valence electrons. The first-order valence-corrected chi connectivity index (χ1v) is 7.02. The Morgan fingerprint density at radius 1 is 1.33 bits per heavy atom. The number of ether oxygens (including phenoxy) is 2. The maximum atomic E-state index is 12.6. The van der Waals surface area contributed by atoms with E-state index in [1.165, 1.54) is 14.2 Å². The number of piperidine rings is 1. The molecule has 6 heteroatoms. The summed E-state index contributed by atoms with van der Waals surface area (Å²) >= 11 is 0. The van der Waals surface area contributed by atoms with Gasteiger partial charge in [-0.15, -0.1) is 0 Å². The molecule has 1 aromatic carbocycles. The fourth-order valence-corrected chi connectivity index (χ4v) is 2.55. The van der Waals surface area contributed by atoms with E-state index >= 15 is 0 Å². The van der Waals surface area contributed by atoms with Crippen molar-refractivity contribution in [2.75, 3.05) is 39.6 Å². The van der Waals surface area contributed by atoms with Crippen molar-refractivity contribution in [1.29, 1.82) is 0 Å². The van der Waals surface area contributed by atoms with Crippen LogP contribution >= 0.6 is 0 Å². The molecule has 21 heavy (non-hydrogen) atoms. The summed E-state index contributed by atoms with van der Waals surface area (Å²) in [7, 11) is 3.04. The van der Waals surface area contributed by atoms with Crippen LogP contribution in [0.5, 0.6) is 11.5 Å². The number of amides is 1. The minimum atomic E-state index is -0.124. The monoisotopic (exact) mass is 294 g/mol. The van der Waals surface area contributed by atoms with Crippen LogP contribution in [0, 0.1) is 5.92 Å². The van der Waals surface area contributed by atoms with Crippen molar-refractivity contribution < 1.29 is 19.4 Å². The van der Waals surface area contributed by atoms with Crippen LogP contribution in [0.25, 0.3) is 0 Å². The molecule has 0 aliphatic carbocycles. The van der Waals surface area contributed by atoms with E-state index in [2.05, 4.69) is 0 Å². The third-order valence-electron chi connectivity index (χ3n) is 3.96. The van der Waals surface area contributed by atoms with Crippen LogP contribution in [-0.2, 0) is 0 Å². The predicted molar refractivity (Wildman–Crippen MR) is 79.7 cm³/mol. The lowest BCUT2D eigenvalue weighted by Crippen LogP contribution is -2.39. The number of aliphatic hydroxyl groups excluding tert-OH is 1. The summed E-state index contributed by atoms with van der Waals surface area (Å²) in [5.41, 5.74) is 6.73. The number of likely N-dealkylation sites (tertiary alicyclic amines) is 1. The summed E-state index contributed by atoms with van der Waals surface area (Å²) in [4.78, 5) is 14.4. The lowest BCUT2D eigenvalue weighted by molar-refractivity contribution is 0.0651. The first-order chi connectivity index (χ1) is 10.1. The lowest BCUT2D eigenvalue weighted by Gasteiger charge is -2.31. The van der Waals surface area contributed by atoms with E-state index in [0.29, 0.717) is 35.8 Å². The van der Waals surface area contributed by atoms with Crippen molar-refractivity contribution in [3.63, 3.8) is 0 Å². The number of aliphatic hydroxyl groups is 1. The SMILES string of the molecule is COc1cc(OC)c(N)c(C(=O)N2CCC(CO)CC2)c1. The van der Waals surface area contributed by atoms with Gasteiger partial charge >= 0.3 is 0 Å².